The van der Waals surface area contributed by atoms with Gasteiger partial charge in [0.1, 0.15) is 67.3 Å². The zero-order valence-electron chi connectivity index (χ0n) is 73.8. The largest absolute Gasteiger partial charge is 0.456 e. The van der Waals surface area contributed by atoms with Crippen molar-refractivity contribution in [1.82, 2.24) is 37.5 Å². The number of nitrogens with zero attached hydrogens (tertiary/aromatic N) is 8. The summed E-state index contributed by atoms with van der Waals surface area (Å²) in [5, 5.41) is 33.4. The van der Waals surface area contributed by atoms with E-state index < -0.39 is 0 Å². The van der Waals surface area contributed by atoms with Crippen molar-refractivity contribution in [1.29, 1.82) is 0 Å². The molecule has 0 radical (unpaired) electrons. The maximum absolute atomic E-state index is 6.55. The Morgan fingerprint density at radius 1 is 0.150 bits per heavy atom. The van der Waals surface area contributed by atoms with Gasteiger partial charge in [0.25, 0.3) is 0 Å². The smallest absolute Gasteiger partial charge is 0.150 e. The van der Waals surface area contributed by atoms with E-state index in [1.807, 2.05) is 81.7 Å². The second-order valence-corrected chi connectivity index (χ2v) is 41.1. The average Bonchev–Trinajstić information content (AvgIpc) is 1.54. The van der Waals surface area contributed by atoms with E-state index in [0.717, 1.165) is 198 Å². The van der Waals surface area contributed by atoms with Crippen molar-refractivity contribution in [3.8, 4) is 0 Å². The van der Waals surface area contributed by atoms with Crippen LogP contribution in [0.4, 0.5) is 0 Å². The molecular weight excluding hydrogens is 1790 g/mol. The van der Waals surface area contributed by atoms with E-state index >= 15 is 0 Å². The van der Waals surface area contributed by atoms with Crippen LogP contribution in [-0.4, -0.2) is 37.5 Å². The van der Waals surface area contributed by atoms with Gasteiger partial charge in [-0.1, -0.05) is 200 Å². The summed E-state index contributed by atoms with van der Waals surface area (Å²) in [5.74, 6) is 0. The number of para-hydroxylation sites is 12. The van der Waals surface area contributed by atoms with Crippen LogP contribution in [-0.2, 0) is 0 Å². The average molecular weight is 1860 g/mol. The molecule has 0 saturated heterocycles. The summed E-state index contributed by atoms with van der Waals surface area (Å²) in [4.78, 5) is 20.5. The molecule has 36 aromatic rings. The van der Waals surface area contributed by atoms with Crippen LogP contribution in [0, 0.1) is 0 Å². The lowest BCUT2D eigenvalue weighted by Crippen LogP contribution is -1.92. The van der Waals surface area contributed by atoms with Gasteiger partial charge in [0.2, 0.25) is 0 Å². The zero-order chi connectivity index (χ0) is 90.7. The molecule has 16 heteroatoms. The second-order valence-electron chi connectivity index (χ2n) is 36.7. The number of imidazole rings is 4. The molecular formula is C124H64N8O4S4. The first-order valence-corrected chi connectivity index (χ1v) is 50.2. The Morgan fingerprint density at radius 2 is 0.486 bits per heavy atom. The van der Waals surface area contributed by atoms with Crippen LogP contribution in [0.3, 0.4) is 0 Å². The second kappa shape index (κ2) is 28.0. The lowest BCUT2D eigenvalue weighted by atomic mass is 9.99. The van der Waals surface area contributed by atoms with Gasteiger partial charge in [-0.3, -0.25) is 17.6 Å². The van der Waals surface area contributed by atoms with Crippen LogP contribution in [0.25, 0.3) is 322 Å². The van der Waals surface area contributed by atoms with Gasteiger partial charge in [-0.25, -0.2) is 19.9 Å². The van der Waals surface area contributed by atoms with Gasteiger partial charge in [-0.15, -0.1) is 45.3 Å². The lowest BCUT2D eigenvalue weighted by Gasteiger charge is -2.11. The highest BCUT2D eigenvalue weighted by molar-refractivity contribution is 7.27. The Hall–Kier alpha value is -17.6. The quantitative estimate of drug-likeness (QED) is 0.138. The number of thiophene rings is 4. The van der Waals surface area contributed by atoms with Crippen molar-refractivity contribution < 1.29 is 17.7 Å². The van der Waals surface area contributed by atoms with Crippen molar-refractivity contribution in [3.05, 3.63) is 388 Å². The van der Waals surface area contributed by atoms with Crippen LogP contribution in [0.2, 0.25) is 0 Å². The summed E-state index contributed by atoms with van der Waals surface area (Å²) in [5.41, 5.74) is 24.4. The maximum atomic E-state index is 6.55. The van der Waals surface area contributed by atoms with Crippen molar-refractivity contribution in [2.45, 2.75) is 0 Å². The van der Waals surface area contributed by atoms with Crippen molar-refractivity contribution >= 4 is 367 Å². The number of furan rings is 4. The molecule has 0 saturated carbocycles. The number of pyridine rings is 4. The molecule has 20 aromatic carbocycles. The molecule has 0 fully saturated rings. The van der Waals surface area contributed by atoms with Crippen LogP contribution in [0.15, 0.2) is 406 Å². The van der Waals surface area contributed by atoms with E-state index in [1.54, 1.807) is 0 Å². The molecule has 0 N–H and O–H groups in total. The molecule has 12 nitrogen and oxygen atoms in total. The number of aromatic nitrogens is 8. The summed E-state index contributed by atoms with van der Waals surface area (Å²) >= 11 is 7.41. The third-order valence-electron chi connectivity index (χ3n) is 29.4. The summed E-state index contributed by atoms with van der Waals surface area (Å²) in [6.45, 7) is 0. The van der Waals surface area contributed by atoms with Gasteiger partial charge in [0.15, 0.2) is 0 Å². The van der Waals surface area contributed by atoms with Crippen LogP contribution in [0.5, 0.6) is 0 Å². The molecule has 0 spiro atoms. The highest BCUT2D eigenvalue weighted by Gasteiger charge is 2.28. The molecule has 0 bridgehead atoms. The number of hydrogen-bond donors (Lipinski definition) is 0. The number of rotatable bonds is 0. The van der Waals surface area contributed by atoms with E-state index in [-0.39, 0.29) is 0 Å². The summed E-state index contributed by atoms with van der Waals surface area (Å²) in [6.07, 6.45) is 0. The highest BCUT2D eigenvalue weighted by atomic mass is 32.1. The van der Waals surface area contributed by atoms with Gasteiger partial charge in [-0.2, -0.15) is 0 Å². The van der Waals surface area contributed by atoms with E-state index in [2.05, 4.69) is 369 Å². The minimum absolute atomic E-state index is 0.905. The fraction of sp³-hybridized carbons (Fsp3) is 0. The van der Waals surface area contributed by atoms with E-state index in [9.17, 15) is 0 Å². The molecule has 0 aliphatic carbocycles. The third kappa shape index (κ3) is 10.4. The third-order valence-corrected chi connectivity index (χ3v) is 34.0. The fourth-order valence-electron chi connectivity index (χ4n) is 23.4. The van der Waals surface area contributed by atoms with Gasteiger partial charge in [0.05, 0.1) is 71.6 Å². The summed E-state index contributed by atoms with van der Waals surface area (Å²) in [6, 6.07) is 138. The molecule has 648 valence electrons. The van der Waals surface area contributed by atoms with Gasteiger partial charge in [0, 0.05) is 172 Å². The lowest BCUT2D eigenvalue weighted by molar-refractivity contribution is 0.669. The Labute approximate surface area is 804 Å². The first kappa shape index (κ1) is 75.6. The molecule has 36 rings (SSSR count). The zero-order valence-corrected chi connectivity index (χ0v) is 77.1. The molecule has 0 aliphatic heterocycles. The first-order valence-electron chi connectivity index (χ1n) is 46.9. The van der Waals surface area contributed by atoms with Crippen LogP contribution in [0.1, 0.15) is 0 Å². The molecule has 140 heavy (non-hydrogen) atoms. The fourth-order valence-corrected chi connectivity index (χ4v) is 27.9. The molecule has 0 amide bonds. The molecule has 0 atom stereocenters. The number of hydrogen-bond acceptors (Lipinski definition) is 12. The molecule has 16 aromatic heterocycles. The van der Waals surface area contributed by atoms with Gasteiger partial charge < -0.3 is 17.7 Å². The normalized spacial score (nSPS) is 12.6. The van der Waals surface area contributed by atoms with Gasteiger partial charge >= 0.3 is 0 Å². The Kier molecular flexibility index (Phi) is 15.2. The topological polar surface area (TPSA) is 122 Å². The SMILES string of the molecule is c1ccc2c(c1)nc1c3c(ccc4c5ccccc5oc43)c3c4c(ccc3n21)sc1ccccc14.c1ccc2c(c1)nc1c3cc4c(cc3c3cc5sc6ccccc6c5cc3n21)oc1ccccc14.c1ccc2c(c1)nc1c3ccc4c5ccccc5oc4c3c3cc4c(cc3n21)sc1ccccc14.c1ccc2c(c1)nc1c3ccc4c5ccccc5oc4c3c3cc4sc5ccccc5c4cc3n21. The predicted octanol–water partition coefficient (Wildman–Crippen LogP) is 36.2. The highest BCUT2D eigenvalue weighted by Crippen LogP contribution is 2.52. The van der Waals surface area contributed by atoms with Gasteiger partial charge in [-0.05, 0) is 199 Å². The Balaban J connectivity index is 0.0000000829. The predicted molar refractivity (Wildman–Crippen MR) is 592 cm³/mol. The standard InChI is InChI=1S/4C31H16N2OS/c1-5-11-27-17(7-1)21-13-23-19(15-28(21)34-27)20-16-30-22(18-8-2-6-12-29(18)35-30)14-26(20)33-25-10-4-3-9-24(25)32-31(23)33;1-5-11-26-17(7-1)19-13-14-20-29(30(19)34-26)22-16-28-21(18-8-2-6-12-27(18)35-28)15-25(22)33-24-10-4-3-9-23(24)32-31(20)33;1-5-11-26-17(7-1)19-13-14-20-29(30(19)34-26)22-15-21-18-8-2-6-12-27(18)35-28(21)16-25(22)33-24-10-4-3-9-23(24)32-31(20)33;1-5-11-24-17(7-1)18-13-14-20-27-23(15-16-26-28(27)19-8-2-6-12-25(19)35-26)33-22-10-4-3-9-21(22)32-31(33)29(20)30(18)34-24/h4*1-16H. The van der Waals surface area contributed by atoms with Crippen LogP contribution >= 0.6 is 45.3 Å². The molecule has 0 aliphatic rings. The minimum Gasteiger partial charge on any atom is -0.456 e. The van der Waals surface area contributed by atoms with E-state index in [0.29, 0.717) is 0 Å². The monoisotopic (exact) mass is 1860 g/mol. The van der Waals surface area contributed by atoms with Crippen molar-refractivity contribution in [3.63, 3.8) is 0 Å². The Morgan fingerprint density at radius 3 is 0.986 bits per heavy atom. The maximum Gasteiger partial charge on any atom is 0.150 e. The molecule has 16 heterocycles. The first-order chi connectivity index (χ1) is 69.4. The number of benzene rings is 20. The Bertz CT molecular complexity index is 12000. The molecule has 0 unspecified atom stereocenters. The minimum atomic E-state index is 0.905. The van der Waals surface area contributed by atoms with E-state index in [1.165, 1.54) is 124 Å². The number of fused-ring (bicyclic) bond motifs is 60. The van der Waals surface area contributed by atoms with Crippen LogP contribution < -0.4 is 0 Å². The summed E-state index contributed by atoms with van der Waals surface area (Å²) < 4.78 is 45.6. The van der Waals surface area contributed by atoms with Crippen molar-refractivity contribution in [2.75, 3.05) is 0 Å². The summed E-state index contributed by atoms with van der Waals surface area (Å²) in [7, 11) is 0. The van der Waals surface area contributed by atoms with E-state index in [4.69, 9.17) is 37.6 Å². The van der Waals surface area contributed by atoms with Crippen molar-refractivity contribution in [2.24, 2.45) is 0 Å².